The molecule has 2 heterocycles. The third-order valence-corrected chi connectivity index (χ3v) is 7.77. The van der Waals surface area contributed by atoms with Crippen molar-refractivity contribution in [3.63, 3.8) is 0 Å². The van der Waals surface area contributed by atoms with Gasteiger partial charge >= 0.3 is 6.09 Å². The van der Waals surface area contributed by atoms with Gasteiger partial charge in [-0.3, -0.25) is 4.90 Å². The average molecular weight is 518 g/mol. The van der Waals surface area contributed by atoms with E-state index in [1.807, 2.05) is 17.0 Å². The van der Waals surface area contributed by atoms with Crippen LogP contribution in [-0.2, 0) is 17.8 Å². The van der Waals surface area contributed by atoms with Gasteiger partial charge in [-0.15, -0.1) is 0 Å². The summed E-state index contributed by atoms with van der Waals surface area (Å²) in [6.07, 6.45) is 1.88. The number of anilines is 1. The molecule has 3 aromatic rings. The molecule has 0 aliphatic carbocycles. The molecule has 196 valence electrons. The number of ether oxygens (including phenoxy) is 1. The maximum Gasteiger partial charge on any atom is 0.409 e. The number of amides is 1. The smallest absolute Gasteiger partial charge is 0.409 e. The van der Waals surface area contributed by atoms with E-state index in [-0.39, 0.29) is 25.6 Å². The Bertz CT molecular complexity index is 1080. The molecule has 1 amide bonds. The molecule has 0 aromatic heterocycles. The maximum atomic E-state index is 12.9. The number of nitrogens with one attached hydrogen (secondary N) is 1. The van der Waals surface area contributed by atoms with Gasteiger partial charge < -0.3 is 15.0 Å². The zero-order valence-corrected chi connectivity index (χ0v) is 22.7. The molecule has 5 nitrogen and oxygen atoms in total. The molecular formula is C31H39N3O2S. The van der Waals surface area contributed by atoms with Gasteiger partial charge in [0.1, 0.15) is 6.61 Å². The molecule has 2 aliphatic heterocycles. The predicted molar refractivity (Wildman–Crippen MR) is 155 cm³/mol. The highest BCUT2D eigenvalue weighted by Gasteiger charge is 2.33. The Morgan fingerprint density at radius 3 is 2.11 bits per heavy atom. The van der Waals surface area contributed by atoms with Crippen LogP contribution in [0.25, 0.3) is 0 Å². The van der Waals surface area contributed by atoms with Crippen molar-refractivity contribution in [1.29, 1.82) is 0 Å². The monoisotopic (exact) mass is 517 g/mol. The number of piperidine rings is 1. The van der Waals surface area contributed by atoms with Crippen LogP contribution in [0.4, 0.5) is 10.5 Å². The van der Waals surface area contributed by atoms with Crippen molar-refractivity contribution >= 4 is 25.3 Å². The van der Waals surface area contributed by atoms with E-state index in [0.717, 1.165) is 45.6 Å². The molecule has 2 atom stereocenters. The SMILES string of the molecule is C[C@@H](COC(=O)N1CCC(C2CNc3ccccc32)CC1)N(Cc1ccccc1)Cc1ccccc1.S. The maximum absolute atomic E-state index is 12.9. The van der Waals surface area contributed by atoms with Crippen molar-refractivity contribution in [2.75, 3.05) is 31.6 Å². The zero-order chi connectivity index (χ0) is 24.7. The first-order valence-corrected chi connectivity index (χ1v) is 13.2. The summed E-state index contributed by atoms with van der Waals surface area (Å²) in [6.45, 7) is 6.72. The number of carbonyl (C=O) groups excluding carboxylic acids is 1. The minimum Gasteiger partial charge on any atom is -0.448 e. The Hall–Kier alpha value is -2.96. The number of para-hydroxylation sites is 1. The number of likely N-dealkylation sites (tertiary alicyclic amines) is 1. The van der Waals surface area contributed by atoms with Crippen LogP contribution in [0.5, 0.6) is 0 Å². The third kappa shape index (κ3) is 6.88. The molecule has 0 saturated carbocycles. The van der Waals surface area contributed by atoms with E-state index in [0.29, 0.717) is 18.4 Å². The molecule has 2 aliphatic rings. The Balaban J connectivity index is 0.00000320. The van der Waals surface area contributed by atoms with Crippen LogP contribution in [0.1, 0.15) is 42.4 Å². The van der Waals surface area contributed by atoms with E-state index in [1.54, 1.807) is 0 Å². The molecule has 1 N–H and O–H groups in total. The van der Waals surface area contributed by atoms with Crippen LogP contribution >= 0.6 is 13.5 Å². The average Bonchev–Trinajstić information content (AvgIpc) is 3.37. The number of fused-ring (bicyclic) bond motifs is 1. The summed E-state index contributed by atoms with van der Waals surface area (Å²) >= 11 is 0. The Morgan fingerprint density at radius 1 is 0.919 bits per heavy atom. The lowest BCUT2D eigenvalue weighted by atomic mass is 9.81. The number of hydrogen-bond acceptors (Lipinski definition) is 4. The molecule has 1 unspecified atom stereocenters. The van der Waals surface area contributed by atoms with E-state index >= 15 is 0 Å². The Labute approximate surface area is 228 Å². The van der Waals surface area contributed by atoms with E-state index in [2.05, 4.69) is 89.9 Å². The summed E-state index contributed by atoms with van der Waals surface area (Å²) in [7, 11) is 0. The third-order valence-electron chi connectivity index (χ3n) is 7.77. The van der Waals surface area contributed by atoms with Gasteiger partial charge in [-0.25, -0.2) is 4.79 Å². The minimum atomic E-state index is -0.176. The van der Waals surface area contributed by atoms with Gasteiger partial charge in [0.2, 0.25) is 0 Å². The van der Waals surface area contributed by atoms with Gasteiger partial charge in [-0.05, 0) is 48.4 Å². The van der Waals surface area contributed by atoms with Gasteiger partial charge in [0, 0.05) is 50.4 Å². The molecule has 0 bridgehead atoms. The summed E-state index contributed by atoms with van der Waals surface area (Å²) in [6, 6.07) is 29.7. The summed E-state index contributed by atoms with van der Waals surface area (Å²) in [5.74, 6) is 1.15. The number of nitrogens with zero attached hydrogens (tertiary/aromatic N) is 2. The van der Waals surface area contributed by atoms with E-state index in [9.17, 15) is 4.79 Å². The van der Waals surface area contributed by atoms with Crippen molar-refractivity contribution in [2.45, 2.75) is 44.8 Å². The fourth-order valence-corrected chi connectivity index (χ4v) is 5.61. The Morgan fingerprint density at radius 2 is 1.49 bits per heavy atom. The highest BCUT2D eigenvalue weighted by atomic mass is 32.1. The summed E-state index contributed by atoms with van der Waals surface area (Å²) in [5.41, 5.74) is 5.23. The second kappa shape index (κ2) is 13.0. The molecule has 6 heteroatoms. The molecule has 0 radical (unpaired) electrons. The highest BCUT2D eigenvalue weighted by molar-refractivity contribution is 7.59. The number of carbonyl (C=O) groups is 1. The van der Waals surface area contributed by atoms with Crippen LogP contribution in [-0.4, -0.2) is 48.2 Å². The van der Waals surface area contributed by atoms with Crippen LogP contribution in [0, 0.1) is 5.92 Å². The fourth-order valence-electron chi connectivity index (χ4n) is 5.61. The molecule has 37 heavy (non-hydrogen) atoms. The normalized spacial score (nSPS) is 18.0. The van der Waals surface area contributed by atoms with Gasteiger partial charge in [-0.2, -0.15) is 13.5 Å². The first kappa shape index (κ1) is 27.1. The second-order valence-corrected chi connectivity index (χ2v) is 10.2. The van der Waals surface area contributed by atoms with Crippen LogP contribution in [0.15, 0.2) is 84.9 Å². The van der Waals surface area contributed by atoms with Gasteiger partial charge in [0.15, 0.2) is 0 Å². The van der Waals surface area contributed by atoms with Crippen molar-refractivity contribution in [1.82, 2.24) is 9.80 Å². The second-order valence-electron chi connectivity index (χ2n) is 10.2. The van der Waals surface area contributed by atoms with Crippen LogP contribution < -0.4 is 5.32 Å². The lowest BCUT2D eigenvalue weighted by Gasteiger charge is -2.35. The van der Waals surface area contributed by atoms with Gasteiger partial charge in [-0.1, -0.05) is 78.9 Å². The van der Waals surface area contributed by atoms with Crippen molar-refractivity contribution < 1.29 is 9.53 Å². The van der Waals surface area contributed by atoms with Crippen LogP contribution in [0.2, 0.25) is 0 Å². The molecule has 5 rings (SSSR count). The lowest BCUT2D eigenvalue weighted by molar-refractivity contribution is 0.0550. The first-order valence-electron chi connectivity index (χ1n) is 13.2. The number of benzene rings is 3. The van der Waals surface area contributed by atoms with Gasteiger partial charge in [0.25, 0.3) is 0 Å². The topological polar surface area (TPSA) is 44.8 Å². The number of rotatable bonds is 8. The predicted octanol–water partition coefficient (Wildman–Crippen LogP) is 6.25. The van der Waals surface area contributed by atoms with Crippen molar-refractivity contribution in [3.8, 4) is 0 Å². The lowest BCUT2D eigenvalue weighted by Crippen LogP contribution is -2.42. The summed E-state index contributed by atoms with van der Waals surface area (Å²) in [5, 5.41) is 3.55. The van der Waals surface area contributed by atoms with Crippen molar-refractivity contribution in [2.24, 2.45) is 5.92 Å². The van der Waals surface area contributed by atoms with E-state index < -0.39 is 0 Å². The summed E-state index contributed by atoms with van der Waals surface area (Å²) < 4.78 is 5.85. The van der Waals surface area contributed by atoms with Crippen molar-refractivity contribution in [3.05, 3.63) is 102 Å². The minimum absolute atomic E-state index is 0. The molecule has 1 fully saturated rings. The largest absolute Gasteiger partial charge is 0.448 e. The fraction of sp³-hybridized carbons (Fsp3) is 0.387. The molecule has 3 aromatic carbocycles. The quantitative estimate of drug-likeness (QED) is 0.384. The number of hydrogen-bond donors (Lipinski definition) is 1. The molecule has 0 spiro atoms. The van der Waals surface area contributed by atoms with E-state index in [1.165, 1.54) is 22.4 Å². The standard InChI is InChI=1S/C31H37N3O2.H2S/c1-24(34(21-25-10-4-2-5-11-25)22-26-12-6-3-7-13-26)23-36-31(35)33-18-16-27(17-19-33)29-20-32-30-15-9-8-14-28(29)30;/h2-15,24,27,29,32H,16-23H2,1H3;1H2/t24-,29?;/m0./s1. The van der Waals surface area contributed by atoms with Gasteiger partial charge in [0.05, 0.1) is 0 Å². The van der Waals surface area contributed by atoms with Crippen LogP contribution in [0.3, 0.4) is 0 Å². The summed E-state index contributed by atoms with van der Waals surface area (Å²) in [4.78, 5) is 17.2. The highest BCUT2D eigenvalue weighted by Crippen LogP contribution is 2.40. The first-order chi connectivity index (χ1) is 17.7. The van der Waals surface area contributed by atoms with E-state index in [4.69, 9.17) is 4.74 Å². The Kier molecular flexibility index (Phi) is 9.53. The zero-order valence-electron chi connectivity index (χ0n) is 21.7. The molecule has 1 saturated heterocycles. The molecular weight excluding hydrogens is 478 g/mol.